The zero-order chi connectivity index (χ0) is 13.9. The maximum absolute atomic E-state index is 12.0. The highest BCUT2D eigenvalue weighted by Gasteiger charge is 2.29. The van der Waals surface area contributed by atoms with Gasteiger partial charge in [0.05, 0.1) is 11.6 Å². The van der Waals surface area contributed by atoms with Gasteiger partial charge in [-0.05, 0) is 40.0 Å². The molecule has 1 heterocycles. The Labute approximate surface area is 116 Å². The summed E-state index contributed by atoms with van der Waals surface area (Å²) in [6.07, 6.45) is 8.29. The molecule has 0 aromatic rings. The van der Waals surface area contributed by atoms with E-state index < -0.39 is 0 Å². The summed E-state index contributed by atoms with van der Waals surface area (Å²) in [6.45, 7) is 6.42. The maximum Gasteiger partial charge on any atom is 0.184 e. The number of ether oxygens (including phenoxy) is 1. The second-order valence-electron chi connectivity index (χ2n) is 6.75. The zero-order valence-electron chi connectivity index (χ0n) is 12.6. The van der Waals surface area contributed by atoms with Crippen LogP contribution in [0.5, 0.6) is 0 Å². The van der Waals surface area contributed by atoms with Gasteiger partial charge in [0.2, 0.25) is 0 Å². The fourth-order valence-electron chi connectivity index (χ4n) is 3.34. The highest BCUT2D eigenvalue weighted by Crippen LogP contribution is 2.28. The van der Waals surface area contributed by atoms with Crippen molar-refractivity contribution in [3.63, 3.8) is 0 Å². The van der Waals surface area contributed by atoms with Crippen LogP contribution in [-0.2, 0) is 9.53 Å². The van der Waals surface area contributed by atoms with Crippen molar-refractivity contribution in [2.24, 2.45) is 10.9 Å². The SMILES string of the molecule is CC1CC(C)(C)N=C(CCC2CCCCCC2=O)O1. The van der Waals surface area contributed by atoms with Gasteiger partial charge in [-0.3, -0.25) is 4.79 Å². The lowest BCUT2D eigenvalue weighted by molar-refractivity contribution is -0.122. The van der Waals surface area contributed by atoms with E-state index in [-0.39, 0.29) is 17.6 Å². The molecule has 1 saturated carbocycles. The fraction of sp³-hybridized carbons (Fsp3) is 0.875. The highest BCUT2D eigenvalue weighted by molar-refractivity contribution is 5.82. The van der Waals surface area contributed by atoms with E-state index >= 15 is 0 Å². The van der Waals surface area contributed by atoms with Crippen molar-refractivity contribution in [3.8, 4) is 0 Å². The fourth-order valence-corrected chi connectivity index (χ4v) is 3.34. The second-order valence-corrected chi connectivity index (χ2v) is 6.75. The number of hydrogen-bond acceptors (Lipinski definition) is 3. The van der Waals surface area contributed by atoms with Crippen LogP contribution in [0, 0.1) is 5.92 Å². The molecule has 1 aliphatic carbocycles. The largest absolute Gasteiger partial charge is 0.478 e. The minimum Gasteiger partial charge on any atom is -0.478 e. The third-order valence-corrected chi connectivity index (χ3v) is 4.19. The molecule has 0 bridgehead atoms. The number of carbonyl (C=O) groups excluding carboxylic acids is 1. The average molecular weight is 265 g/mol. The van der Waals surface area contributed by atoms with Gasteiger partial charge in [-0.1, -0.05) is 12.8 Å². The minimum atomic E-state index is -0.0134. The van der Waals surface area contributed by atoms with E-state index in [1.165, 1.54) is 12.8 Å². The minimum absolute atomic E-state index is 0.0134. The van der Waals surface area contributed by atoms with Crippen molar-refractivity contribution in [2.45, 2.75) is 83.8 Å². The molecule has 0 saturated heterocycles. The van der Waals surface area contributed by atoms with Gasteiger partial charge in [-0.2, -0.15) is 0 Å². The van der Waals surface area contributed by atoms with Gasteiger partial charge in [0, 0.05) is 25.2 Å². The number of carbonyl (C=O) groups is 1. The summed E-state index contributed by atoms with van der Waals surface area (Å²) >= 11 is 0. The molecule has 3 nitrogen and oxygen atoms in total. The van der Waals surface area contributed by atoms with E-state index in [0.717, 1.165) is 44.4 Å². The van der Waals surface area contributed by atoms with Crippen LogP contribution in [0.2, 0.25) is 0 Å². The predicted octanol–water partition coefficient (Wildman–Crippen LogP) is 3.90. The van der Waals surface area contributed by atoms with Crippen molar-refractivity contribution in [1.29, 1.82) is 0 Å². The predicted molar refractivity (Wildman–Crippen MR) is 77.5 cm³/mol. The number of nitrogens with zero attached hydrogens (tertiary/aromatic N) is 1. The molecule has 0 aromatic heterocycles. The number of aliphatic imine (C=N–C) groups is 1. The third-order valence-electron chi connectivity index (χ3n) is 4.19. The normalized spacial score (nSPS) is 31.3. The summed E-state index contributed by atoms with van der Waals surface area (Å²) in [4.78, 5) is 16.7. The van der Waals surface area contributed by atoms with Crippen LogP contribution >= 0.6 is 0 Å². The number of ketones is 1. The van der Waals surface area contributed by atoms with Gasteiger partial charge in [0.1, 0.15) is 5.78 Å². The van der Waals surface area contributed by atoms with Crippen molar-refractivity contribution < 1.29 is 9.53 Å². The van der Waals surface area contributed by atoms with Gasteiger partial charge in [0.25, 0.3) is 0 Å². The first kappa shape index (κ1) is 14.5. The first-order valence-electron chi connectivity index (χ1n) is 7.74. The van der Waals surface area contributed by atoms with Crippen LogP contribution in [0.15, 0.2) is 4.99 Å². The van der Waals surface area contributed by atoms with Crippen LogP contribution in [-0.4, -0.2) is 23.3 Å². The van der Waals surface area contributed by atoms with Gasteiger partial charge >= 0.3 is 0 Å². The molecule has 2 aliphatic rings. The Morgan fingerprint density at radius 1 is 1.32 bits per heavy atom. The molecule has 2 unspecified atom stereocenters. The van der Waals surface area contributed by atoms with Gasteiger partial charge < -0.3 is 4.74 Å². The number of rotatable bonds is 3. The molecule has 3 heteroatoms. The Hall–Kier alpha value is -0.860. The Bertz CT molecular complexity index is 360. The highest BCUT2D eigenvalue weighted by atomic mass is 16.5. The van der Waals surface area contributed by atoms with Gasteiger partial charge in [-0.25, -0.2) is 4.99 Å². The van der Waals surface area contributed by atoms with E-state index in [0.29, 0.717) is 5.78 Å². The smallest absolute Gasteiger partial charge is 0.184 e. The van der Waals surface area contributed by atoms with Crippen molar-refractivity contribution in [2.75, 3.05) is 0 Å². The lowest BCUT2D eigenvalue weighted by Gasteiger charge is -2.32. The van der Waals surface area contributed by atoms with Crippen molar-refractivity contribution in [3.05, 3.63) is 0 Å². The van der Waals surface area contributed by atoms with Crippen molar-refractivity contribution in [1.82, 2.24) is 0 Å². The lowest BCUT2D eigenvalue weighted by atomic mass is 9.92. The topological polar surface area (TPSA) is 38.7 Å². The van der Waals surface area contributed by atoms with Crippen molar-refractivity contribution >= 4 is 11.7 Å². The summed E-state index contributed by atoms with van der Waals surface area (Å²) in [5.74, 6) is 1.57. The van der Waals surface area contributed by atoms with Crippen LogP contribution in [0.25, 0.3) is 0 Å². The molecule has 0 N–H and O–H groups in total. The van der Waals surface area contributed by atoms with E-state index in [9.17, 15) is 4.79 Å². The first-order chi connectivity index (χ1) is 8.96. The molecule has 1 aliphatic heterocycles. The Morgan fingerprint density at radius 2 is 2.11 bits per heavy atom. The number of hydrogen-bond donors (Lipinski definition) is 0. The third kappa shape index (κ3) is 4.32. The monoisotopic (exact) mass is 265 g/mol. The first-order valence-corrected chi connectivity index (χ1v) is 7.74. The van der Waals surface area contributed by atoms with E-state index in [1.54, 1.807) is 0 Å². The molecule has 1 fully saturated rings. The molecule has 2 atom stereocenters. The summed E-state index contributed by atoms with van der Waals surface area (Å²) in [5.41, 5.74) is -0.0134. The zero-order valence-corrected chi connectivity index (χ0v) is 12.6. The molecule has 108 valence electrons. The van der Waals surface area contributed by atoms with E-state index in [4.69, 9.17) is 4.74 Å². The molecular formula is C16H27NO2. The molecule has 19 heavy (non-hydrogen) atoms. The lowest BCUT2D eigenvalue weighted by Crippen LogP contribution is -2.34. The summed E-state index contributed by atoms with van der Waals surface area (Å²) in [7, 11) is 0. The number of Topliss-reactive ketones (excluding diaryl/α,β-unsaturated/α-hetero) is 1. The molecule has 0 amide bonds. The second kappa shape index (κ2) is 6.06. The van der Waals surface area contributed by atoms with Crippen LogP contribution in [0.3, 0.4) is 0 Å². The Balaban J connectivity index is 1.90. The molecular weight excluding hydrogens is 238 g/mol. The van der Waals surface area contributed by atoms with Crippen LogP contribution in [0.4, 0.5) is 0 Å². The van der Waals surface area contributed by atoms with E-state index in [1.807, 2.05) is 0 Å². The quantitative estimate of drug-likeness (QED) is 0.726. The van der Waals surface area contributed by atoms with Gasteiger partial charge in [-0.15, -0.1) is 0 Å². The Kier molecular flexibility index (Phi) is 4.64. The van der Waals surface area contributed by atoms with E-state index in [2.05, 4.69) is 25.8 Å². The average Bonchev–Trinajstić information content (AvgIpc) is 2.49. The summed E-state index contributed by atoms with van der Waals surface area (Å²) in [5, 5.41) is 0. The standard InChI is InChI=1S/C16H27NO2/c1-12-11-16(2,3)17-15(19-12)10-9-13-7-5-4-6-8-14(13)18/h12-13H,4-11H2,1-3H3. The van der Waals surface area contributed by atoms with Crippen LogP contribution in [0.1, 0.15) is 72.1 Å². The molecule has 2 rings (SSSR count). The molecule has 0 aromatic carbocycles. The maximum atomic E-state index is 12.0. The summed E-state index contributed by atoms with van der Waals surface area (Å²) in [6, 6.07) is 0. The van der Waals surface area contributed by atoms with Crippen LogP contribution < -0.4 is 0 Å². The Morgan fingerprint density at radius 3 is 2.84 bits per heavy atom. The van der Waals surface area contributed by atoms with Gasteiger partial charge in [0.15, 0.2) is 5.90 Å². The molecule has 0 spiro atoms. The molecule has 0 radical (unpaired) electrons. The summed E-state index contributed by atoms with van der Waals surface area (Å²) < 4.78 is 5.82.